The molecular weight excluding hydrogens is 196 g/mol. The van der Waals surface area contributed by atoms with Crippen LogP contribution in [0.25, 0.3) is 15.9 Å². The normalized spacial score (nSPS) is 11.1. The molecule has 0 spiro atoms. The summed E-state index contributed by atoms with van der Waals surface area (Å²) in [4.78, 5) is 16.1. The third-order valence-electron chi connectivity index (χ3n) is 2.25. The zero-order valence-electron chi connectivity index (χ0n) is 7.18. The monoisotopic (exact) mass is 202 g/mol. The molecule has 0 unspecified atom stereocenters. The molecule has 0 radical (unpaired) electrons. The summed E-state index contributed by atoms with van der Waals surface area (Å²) in [6.07, 6.45) is 4.49. The van der Waals surface area contributed by atoms with E-state index in [0.717, 1.165) is 22.1 Å². The van der Waals surface area contributed by atoms with Crippen molar-refractivity contribution >= 4 is 33.5 Å². The van der Waals surface area contributed by atoms with E-state index in [2.05, 4.69) is 4.98 Å². The number of rotatable bonds is 1. The predicted molar refractivity (Wildman–Crippen MR) is 56.0 cm³/mol. The number of carbonyl (C=O) groups is 1. The van der Waals surface area contributed by atoms with Gasteiger partial charge < -0.3 is 4.40 Å². The number of nitrogens with zero attached hydrogens (tertiary/aromatic N) is 2. The van der Waals surface area contributed by atoms with Crippen LogP contribution in [0.5, 0.6) is 0 Å². The zero-order chi connectivity index (χ0) is 9.54. The van der Waals surface area contributed by atoms with Crippen LogP contribution in [0.1, 0.15) is 10.4 Å². The van der Waals surface area contributed by atoms with Crippen molar-refractivity contribution in [2.24, 2.45) is 0 Å². The number of aromatic nitrogens is 2. The van der Waals surface area contributed by atoms with Gasteiger partial charge in [-0.2, -0.15) is 0 Å². The van der Waals surface area contributed by atoms with Gasteiger partial charge >= 0.3 is 0 Å². The Kier molecular flexibility index (Phi) is 1.46. The van der Waals surface area contributed by atoms with Crippen molar-refractivity contribution < 1.29 is 4.79 Å². The second-order valence-electron chi connectivity index (χ2n) is 3.01. The van der Waals surface area contributed by atoms with Crippen LogP contribution < -0.4 is 0 Å². The first kappa shape index (κ1) is 7.70. The van der Waals surface area contributed by atoms with Crippen molar-refractivity contribution in [1.29, 1.82) is 0 Å². The van der Waals surface area contributed by atoms with Crippen molar-refractivity contribution in [3.8, 4) is 0 Å². The molecule has 14 heavy (non-hydrogen) atoms. The van der Waals surface area contributed by atoms with Gasteiger partial charge in [-0.3, -0.25) is 9.78 Å². The molecule has 68 valence electrons. The average Bonchev–Trinajstić information content (AvgIpc) is 2.82. The Morgan fingerprint density at radius 1 is 1.43 bits per heavy atom. The van der Waals surface area contributed by atoms with Crippen molar-refractivity contribution in [2.75, 3.05) is 0 Å². The van der Waals surface area contributed by atoms with Gasteiger partial charge in [0.2, 0.25) is 0 Å². The zero-order valence-corrected chi connectivity index (χ0v) is 7.99. The predicted octanol–water partition coefficient (Wildman–Crippen LogP) is 2.36. The fourth-order valence-electron chi connectivity index (χ4n) is 1.58. The number of thiophene rings is 1. The van der Waals surface area contributed by atoms with Crippen LogP contribution in [0, 0.1) is 0 Å². The molecule has 0 fully saturated rings. The molecular formula is C10H6N2OS. The van der Waals surface area contributed by atoms with E-state index in [1.54, 1.807) is 17.5 Å². The first-order valence-electron chi connectivity index (χ1n) is 4.18. The Balaban J connectivity index is 2.58. The van der Waals surface area contributed by atoms with Crippen LogP contribution in [0.15, 0.2) is 29.9 Å². The highest BCUT2D eigenvalue weighted by molar-refractivity contribution is 7.16. The van der Waals surface area contributed by atoms with Gasteiger partial charge in [0.05, 0.1) is 17.2 Å². The van der Waals surface area contributed by atoms with E-state index in [1.807, 2.05) is 28.1 Å². The summed E-state index contributed by atoms with van der Waals surface area (Å²) in [6.45, 7) is 0. The van der Waals surface area contributed by atoms with E-state index in [0.29, 0.717) is 5.56 Å². The number of hydrogen-bond donors (Lipinski definition) is 0. The van der Waals surface area contributed by atoms with Gasteiger partial charge in [-0.15, -0.1) is 11.3 Å². The highest BCUT2D eigenvalue weighted by atomic mass is 32.1. The molecule has 4 heteroatoms. The van der Waals surface area contributed by atoms with Crippen LogP contribution in [0.2, 0.25) is 0 Å². The minimum Gasteiger partial charge on any atom is -0.305 e. The highest BCUT2D eigenvalue weighted by Crippen LogP contribution is 2.22. The average molecular weight is 202 g/mol. The second kappa shape index (κ2) is 2.65. The van der Waals surface area contributed by atoms with E-state index in [9.17, 15) is 4.79 Å². The molecule has 3 nitrogen and oxygen atoms in total. The summed E-state index contributed by atoms with van der Waals surface area (Å²) in [6, 6.07) is 3.78. The molecule has 0 aliphatic heterocycles. The van der Waals surface area contributed by atoms with Gasteiger partial charge in [0.15, 0.2) is 6.29 Å². The molecule has 0 aliphatic rings. The van der Waals surface area contributed by atoms with Crippen molar-refractivity contribution in [1.82, 2.24) is 9.38 Å². The second-order valence-corrected chi connectivity index (χ2v) is 3.91. The Morgan fingerprint density at radius 3 is 3.21 bits per heavy atom. The summed E-state index contributed by atoms with van der Waals surface area (Å²) in [7, 11) is 0. The standard InChI is InChI=1S/C10H6N2OS/c13-6-7-1-3-12-9(7)5-11-8-2-4-14-10(8)12/h1-6H. The van der Waals surface area contributed by atoms with Gasteiger partial charge in [-0.25, -0.2) is 0 Å². The van der Waals surface area contributed by atoms with Crippen LogP contribution in [0.3, 0.4) is 0 Å². The van der Waals surface area contributed by atoms with Gasteiger partial charge in [0, 0.05) is 11.8 Å². The Labute approximate surface area is 83.6 Å². The molecule has 0 atom stereocenters. The number of carbonyl (C=O) groups excluding carboxylic acids is 1. The maximum Gasteiger partial charge on any atom is 0.152 e. The fraction of sp³-hybridized carbons (Fsp3) is 0. The molecule has 0 aromatic carbocycles. The number of fused-ring (bicyclic) bond motifs is 3. The third-order valence-corrected chi connectivity index (χ3v) is 3.16. The van der Waals surface area contributed by atoms with E-state index in [4.69, 9.17) is 0 Å². The van der Waals surface area contributed by atoms with Gasteiger partial charge in [-0.1, -0.05) is 0 Å². The van der Waals surface area contributed by atoms with Crippen LogP contribution in [0.4, 0.5) is 0 Å². The first-order chi connectivity index (χ1) is 6.90. The van der Waals surface area contributed by atoms with Crippen molar-refractivity contribution in [3.05, 3.63) is 35.5 Å². The fourth-order valence-corrected chi connectivity index (χ4v) is 2.42. The summed E-state index contributed by atoms with van der Waals surface area (Å²) < 4.78 is 2.00. The minimum absolute atomic E-state index is 0.688. The SMILES string of the molecule is O=Cc1ccn2c1cnc1ccsc12. The van der Waals surface area contributed by atoms with Gasteiger partial charge in [0.1, 0.15) is 4.83 Å². The maximum absolute atomic E-state index is 10.7. The van der Waals surface area contributed by atoms with Crippen molar-refractivity contribution in [3.63, 3.8) is 0 Å². The number of hydrogen-bond acceptors (Lipinski definition) is 3. The lowest BCUT2D eigenvalue weighted by atomic mass is 10.3. The van der Waals surface area contributed by atoms with Crippen LogP contribution in [-0.4, -0.2) is 15.7 Å². The molecule has 3 rings (SSSR count). The molecule has 0 N–H and O–H groups in total. The third kappa shape index (κ3) is 0.858. The largest absolute Gasteiger partial charge is 0.305 e. The molecule has 0 saturated carbocycles. The molecule has 3 aromatic rings. The summed E-state index contributed by atoms with van der Waals surface area (Å²) in [5.74, 6) is 0. The molecule has 0 aliphatic carbocycles. The summed E-state index contributed by atoms with van der Waals surface area (Å²) in [5.41, 5.74) is 2.53. The van der Waals surface area contributed by atoms with Gasteiger partial charge in [-0.05, 0) is 17.5 Å². The smallest absolute Gasteiger partial charge is 0.152 e. The van der Waals surface area contributed by atoms with E-state index in [1.165, 1.54) is 0 Å². The molecule has 0 saturated heterocycles. The molecule has 3 aromatic heterocycles. The quantitative estimate of drug-likeness (QED) is 0.568. The Bertz CT molecular complexity index is 623. The molecule has 3 heterocycles. The Morgan fingerprint density at radius 2 is 2.36 bits per heavy atom. The summed E-state index contributed by atoms with van der Waals surface area (Å²) in [5, 5.41) is 2.00. The molecule has 0 bridgehead atoms. The lowest BCUT2D eigenvalue weighted by molar-refractivity contribution is 0.112. The lowest BCUT2D eigenvalue weighted by Crippen LogP contribution is -1.86. The van der Waals surface area contributed by atoms with Gasteiger partial charge in [0.25, 0.3) is 0 Å². The van der Waals surface area contributed by atoms with Crippen LogP contribution in [-0.2, 0) is 0 Å². The summed E-state index contributed by atoms with van der Waals surface area (Å²) >= 11 is 1.63. The highest BCUT2D eigenvalue weighted by Gasteiger charge is 2.05. The van der Waals surface area contributed by atoms with Crippen LogP contribution >= 0.6 is 11.3 Å². The van der Waals surface area contributed by atoms with E-state index >= 15 is 0 Å². The van der Waals surface area contributed by atoms with E-state index < -0.39 is 0 Å². The Hall–Kier alpha value is -1.68. The maximum atomic E-state index is 10.7. The number of aldehydes is 1. The van der Waals surface area contributed by atoms with E-state index in [-0.39, 0.29) is 0 Å². The molecule has 0 amide bonds. The van der Waals surface area contributed by atoms with Crippen molar-refractivity contribution in [2.45, 2.75) is 0 Å². The topological polar surface area (TPSA) is 34.4 Å². The lowest BCUT2D eigenvalue weighted by Gasteiger charge is -1.96. The minimum atomic E-state index is 0.688. The first-order valence-corrected chi connectivity index (χ1v) is 5.06.